The van der Waals surface area contributed by atoms with Gasteiger partial charge < -0.3 is 9.47 Å². The minimum Gasteiger partial charge on any atom is -0.379 e. The van der Waals surface area contributed by atoms with Crippen LogP contribution >= 0.6 is 15.9 Å². The molecule has 3 heteroatoms. The molecule has 0 saturated carbocycles. The molecule has 2 nitrogen and oxygen atoms in total. The van der Waals surface area contributed by atoms with Crippen LogP contribution in [0.5, 0.6) is 0 Å². The van der Waals surface area contributed by atoms with Gasteiger partial charge in [-0.15, -0.1) is 0 Å². The Bertz CT molecular complexity index is 276. The summed E-state index contributed by atoms with van der Waals surface area (Å²) in [6.07, 6.45) is 0.150. The van der Waals surface area contributed by atoms with Crippen LogP contribution < -0.4 is 0 Å². The highest BCUT2D eigenvalue weighted by atomic mass is 79.9. The summed E-state index contributed by atoms with van der Waals surface area (Å²) in [6.45, 7) is 3.23. The van der Waals surface area contributed by atoms with Gasteiger partial charge in [0.2, 0.25) is 0 Å². The maximum atomic E-state index is 5.50. The van der Waals surface area contributed by atoms with E-state index in [0.717, 1.165) is 10.0 Å². The summed E-state index contributed by atoms with van der Waals surface area (Å²) in [5.41, 5.74) is 1.16. The zero-order chi connectivity index (χ0) is 10.4. The second-order valence-electron chi connectivity index (χ2n) is 3.15. The van der Waals surface area contributed by atoms with E-state index in [0.29, 0.717) is 13.2 Å². The van der Waals surface area contributed by atoms with E-state index < -0.39 is 0 Å². The Morgan fingerprint density at radius 3 is 2.71 bits per heavy atom. The van der Waals surface area contributed by atoms with Crippen LogP contribution in [0, 0.1) is 0 Å². The van der Waals surface area contributed by atoms with Crippen molar-refractivity contribution in [1.82, 2.24) is 0 Å². The zero-order valence-electron chi connectivity index (χ0n) is 8.50. The molecule has 0 aliphatic heterocycles. The second kappa shape index (κ2) is 6.17. The van der Waals surface area contributed by atoms with Crippen molar-refractivity contribution in [3.63, 3.8) is 0 Å². The van der Waals surface area contributed by atoms with Gasteiger partial charge in [0.05, 0.1) is 19.3 Å². The summed E-state index contributed by atoms with van der Waals surface area (Å²) in [7, 11) is 1.69. The average molecular weight is 259 g/mol. The third-order valence-corrected chi connectivity index (χ3v) is 2.74. The molecule has 0 saturated heterocycles. The molecule has 14 heavy (non-hydrogen) atoms. The highest BCUT2D eigenvalue weighted by Crippen LogP contribution is 2.16. The van der Waals surface area contributed by atoms with Gasteiger partial charge in [-0.1, -0.05) is 34.1 Å². The average Bonchev–Trinajstić information content (AvgIpc) is 2.20. The SMILES string of the molecule is CO[C@@H](C)COCc1ccccc1Br. The van der Waals surface area contributed by atoms with Crippen molar-refractivity contribution >= 4 is 15.9 Å². The predicted molar refractivity (Wildman–Crippen MR) is 60.3 cm³/mol. The van der Waals surface area contributed by atoms with E-state index in [2.05, 4.69) is 15.9 Å². The number of hydrogen-bond donors (Lipinski definition) is 0. The van der Waals surface area contributed by atoms with Crippen molar-refractivity contribution < 1.29 is 9.47 Å². The molecule has 0 bridgehead atoms. The van der Waals surface area contributed by atoms with Crippen LogP contribution in [0.4, 0.5) is 0 Å². The summed E-state index contributed by atoms with van der Waals surface area (Å²) >= 11 is 3.47. The highest BCUT2D eigenvalue weighted by Gasteiger charge is 2.01. The van der Waals surface area contributed by atoms with E-state index in [1.165, 1.54) is 0 Å². The number of halogens is 1. The van der Waals surface area contributed by atoms with Gasteiger partial charge in [-0.2, -0.15) is 0 Å². The van der Waals surface area contributed by atoms with Gasteiger partial charge in [-0.3, -0.25) is 0 Å². The summed E-state index contributed by atoms with van der Waals surface area (Å²) in [5.74, 6) is 0. The van der Waals surface area contributed by atoms with Gasteiger partial charge in [-0.25, -0.2) is 0 Å². The first-order chi connectivity index (χ1) is 6.74. The molecule has 78 valence electrons. The first-order valence-electron chi connectivity index (χ1n) is 4.58. The summed E-state index contributed by atoms with van der Waals surface area (Å²) in [4.78, 5) is 0. The van der Waals surface area contributed by atoms with Crippen molar-refractivity contribution in [1.29, 1.82) is 0 Å². The Labute approximate surface area is 93.4 Å². The van der Waals surface area contributed by atoms with Crippen LogP contribution in [-0.2, 0) is 16.1 Å². The van der Waals surface area contributed by atoms with E-state index in [1.807, 2.05) is 31.2 Å². The maximum absolute atomic E-state index is 5.50. The van der Waals surface area contributed by atoms with Crippen LogP contribution in [0.25, 0.3) is 0 Å². The van der Waals surface area contributed by atoms with Crippen molar-refractivity contribution in [2.24, 2.45) is 0 Å². The minimum absolute atomic E-state index is 0.150. The van der Waals surface area contributed by atoms with Crippen LogP contribution in [0.15, 0.2) is 28.7 Å². The first-order valence-corrected chi connectivity index (χ1v) is 5.37. The monoisotopic (exact) mass is 258 g/mol. The molecule has 0 aliphatic rings. The lowest BCUT2D eigenvalue weighted by atomic mass is 10.2. The number of ether oxygens (including phenoxy) is 2. The quantitative estimate of drug-likeness (QED) is 0.809. The fourth-order valence-corrected chi connectivity index (χ4v) is 1.42. The molecule has 1 rings (SSSR count). The number of hydrogen-bond acceptors (Lipinski definition) is 2. The molecular weight excluding hydrogens is 244 g/mol. The van der Waals surface area contributed by atoms with E-state index in [4.69, 9.17) is 9.47 Å². The molecule has 0 amide bonds. The largest absolute Gasteiger partial charge is 0.379 e. The Morgan fingerprint density at radius 2 is 2.07 bits per heavy atom. The Balaban J connectivity index is 2.35. The predicted octanol–water partition coefficient (Wildman–Crippen LogP) is 3.00. The maximum Gasteiger partial charge on any atom is 0.0776 e. The molecule has 1 atom stereocenters. The van der Waals surface area contributed by atoms with E-state index in [9.17, 15) is 0 Å². The third-order valence-electron chi connectivity index (χ3n) is 1.97. The van der Waals surface area contributed by atoms with E-state index in [1.54, 1.807) is 7.11 Å². The van der Waals surface area contributed by atoms with Crippen molar-refractivity contribution in [2.75, 3.05) is 13.7 Å². The number of methoxy groups -OCH3 is 1. The van der Waals surface area contributed by atoms with E-state index in [-0.39, 0.29) is 6.10 Å². The molecule has 0 unspecified atom stereocenters. The lowest BCUT2D eigenvalue weighted by Gasteiger charge is -2.10. The highest BCUT2D eigenvalue weighted by molar-refractivity contribution is 9.10. The van der Waals surface area contributed by atoms with Crippen LogP contribution in [0.3, 0.4) is 0 Å². The van der Waals surface area contributed by atoms with Crippen molar-refractivity contribution in [3.8, 4) is 0 Å². The molecule has 0 N–H and O–H groups in total. The Morgan fingerprint density at radius 1 is 1.36 bits per heavy atom. The number of rotatable bonds is 5. The molecular formula is C11H15BrO2. The van der Waals surface area contributed by atoms with Gasteiger partial charge in [0.15, 0.2) is 0 Å². The van der Waals surface area contributed by atoms with Crippen LogP contribution in [-0.4, -0.2) is 19.8 Å². The summed E-state index contributed by atoms with van der Waals surface area (Å²) in [6, 6.07) is 8.05. The molecule has 0 spiro atoms. The zero-order valence-corrected chi connectivity index (χ0v) is 10.1. The molecule has 0 aromatic heterocycles. The van der Waals surface area contributed by atoms with Crippen LogP contribution in [0.2, 0.25) is 0 Å². The molecule has 0 fully saturated rings. The van der Waals surface area contributed by atoms with Gasteiger partial charge in [0.25, 0.3) is 0 Å². The summed E-state index contributed by atoms with van der Waals surface area (Å²) in [5, 5.41) is 0. The van der Waals surface area contributed by atoms with Gasteiger partial charge in [0.1, 0.15) is 0 Å². The second-order valence-corrected chi connectivity index (χ2v) is 4.01. The lowest BCUT2D eigenvalue weighted by molar-refractivity contribution is 0.0116. The third kappa shape index (κ3) is 3.78. The Kier molecular flexibility index (Phi) is 5.15. The Hall–Kier alpha value is -0.380. The first kappa shape index (κ1) is 11.7. The fourth-order valence-electron chi connectivity index (χ4n) is 1.02. The molecule has 1 aromatic carbocycles. The van der Waals surface area contributed by atoms with Gasteiger partial charge in [0, 0.05) is 11.6 Å². The van der Waals surface area contributed by atoms with Crippen LogP contribution in [0.1, 0.15) is 12.5 Å². The molecule has 0 radical (unpaired) electrons. The fraction of sp³-hybridized carbons (Fsp3) is 0.455. The van der Waals surface area contributed by atoms with Crippen molar-refractivity contribution in [2.45, 2.75) is 19.6 Å². The van der Waals surface area contributed by atoms with Gasteiger partial charge >= 0.3 is 0 Å². The molecule has 0 heterocycles. The van der Waals surface area contributed by atoms with E-state index >= 15 is 0 Å². The van der Waals surface area contributed by atoms with Crippen molar-refractivity contribution in [3.05, 3.63) is 34.3 Å². The lowest BCUT2D eigenvalue weighted by Crippen LogP contribution is -2.13. The smallest absolute Gasteiger partial charge is 0.0776 e. The summed E-state index contributed by atoms with van der Waals surface area (Å²) < 4.78 is 11.7. The molecule has 1 aromatic rings. The number of benzene rings is 1. The van der Waals surface area contributed by atoms with Gasteiger partial charge in [-0.05, 0) is 18.6 Å². The normalized spacial score (nSPS) is 12.8. The topological polar surface area (TPSA) is 18.5 Å². The minimum atomic E-state index is 0.150. The standard InChI is InChI=1S/C11H15BrO2/c1-9(13-2)7-14-8-10-5-3-4-6-11(10)12/h3-6,9H,7-8H2,1-2H3/t9-/m0/s1. The molecule has 0 aliphatic carbocycles.